The van der Waals surface area contributed by atoms with Crippen molar-refractivity contribution in [1.29, 1.82) is 0 Å². The highest BCUT2D eigenvalue weighted by atomic mass is 16.6. The van der Waals surface area contributed by atoms with Crippen LogP contribution >= 0.6 is 0 Å². The number of aryl methyl sites for hydroxylation is 1. The fourth-order valence-electron chi connectivity index (χ4n) is 3.32. The van der Waals surface area contributed by atoms with E-state index in [-0.39, 0.29) is 5.88 Å². The van der Waals surface area contributed by atoms with Gasteiger partial charge < -0.3 is 19.9 Å². The van der Waals surface area contributed by atoms with Crippen LogP contribution in [0.25, 0.3) is 11.3 Å². The Morgan fingerprint density at radius 1 is 1.09 bits per heavy atom. The summed E-state index contributed by atoms with van der Waals surface area (Å²) in [7, 11) is 1.27. The molecule has 34 heavy (non-hydrogen) atoms. The van der Waals surface area contributed by atoms with E-state index in [4.69, 9.17) is 19.9 Å². The molecule has 9 nitrogen and oxygen atoms in total. The van der Waals surface area contributed by atoms with Crippen molar-refractivity contribution in [3.8, 4) is 22.9 Å². The molecule has 2 aromatic rings. The minimum atomic E-state index is -0.912. The topological polar surface area (TPSA) is 117 Å². The molecule has 1 aromatic heterocycles. The van der Waals surface area contributed by atoms with Gasteiger partial charge in [0.05, 0.1) is 5.69 Å². The minimum absolute atomic E-state index is 0.0102. The van der Waals surface area contributed by atoms with E-state index in [2.05, 4.69) is 23.8 Å². The molecule has 0 radical (unpaired) electrons. The lowest BCUT2D eigenvalue weighted by molar-refractivity contribution is 0.0321. The average molecular weight is 473 g/mol. The van der Waals surface area contributed by atoms with Crippen LogP contribution in [-0.2, 0) is 4.74 Å². The van der Waals surface area contributed by atoms with Crippen LogP contribution in [0.5, 0.6) is 11.6 Å². The molecule has 2 rings (SSSR count). The highest BCUT2D eigenvalue weighted by Crippen LogP contribution is 2.27. The Morgan fingerprint density at radius 2 is 1.76 bits per heavy atom. The summed E-state index contributed by atoms with van der Waals surface area (Å²) in [6.07, 6.45) is 0.414. The smallest absolute Gasteiger partial charge is 0.425 e. The number of nitrogens with two attached hydrogens (primary N) is 1. The van der Waals surface area contributed by atoms with E-state index in [0.29, 0.717) is 18.2 Å². The number of aromatic nitrogens is 2. The van der Waals surface area contributed by atoms with E-state index >= 15 is 0 Å². The molecule has 0 unspecified atom stereocenters. The molecule has 1 heterocycles. The van der Waals surface area contributed by atoms with Crippen molar-refractivity contribution in [1.82, 2.24) is 14.9 Å². The van der Waals surface area contributed by atoms with E-state index in [1.54, 1.807) is 20.8 Å². The van der Waals surface area contributed by atoms with Gasteiger partial charge in [0.2, 0.25) is 5.88 Å². The number of ether oxygens (including phenoxy) is 3. The summed E-state index contributed by atoms with van der Waals surface area (Å²) < 4.78 is 16.4. The number of imide groups is 1. The zero-order chi connectivity index (χ0) is 25.7. The number of carbonyl (C=O) groups excluding carboxylic acids is 2. The quantitative estimate of drug-likeness (QED) is 0.601. The Bertz CT molecular complexity index is 1010. The van der Waals surface area contributed by atoms with Gasteiger partial charge in [0.15, 0.2) is 0 Å². The van der Waals surface area contributed by atoms with Crippen LogP contribution in [0, 0.1) is 12.8 Å². The molecule has 0 bridgehead atoms. The fourth-order valence-corrected chi connectivity index (χ4v) is 3.32. The highest BCUT2D eigenvalue weighted by molar-refractivity contribution is 5.88. The molecule has 0 aliphatic rings. The molecule has 0 aliphatic heterocycles. The second kappa shape index (κ2) is 10.8. The summed E-state index contributed by atoms with van der Waals surface area (Å²) in [4.78, 5) is 33.4. The van der Waals surface area contributed by atoms with Gasteiger partial charge in [-0.25, -0.2) is 24.5 Å². The van der Waals surface area contributed by atoms with Gasteiger partial charge in [-0.2, -0.15) is 0 Å². The molecular formula is C25H36N4O5. The first kappa shape index (κ1) is 27.0. The molecule has 1 aromatic carbocycles. The maximum absolute atomic E-state index is 12.3. The molecule has 0 aliphatic carbocycles. The van der Waals surface area contributed by atoms with Crippen molar-refractivity contribution >= 4 is 12.2 Å². The first-order valence-electron chi connectivity index (χ1n) is 11.2. The molecular weight excluding hydrogens is 436 g/mol. The summed E-state index contributed by atoms with van der Waals surface area (Å²) in [5.41, 5.74) is 7.45. The summed E-state index contributed by atoms with van der Waals surface area (Å²) in [6, 6.07) is 7.17. The second-order valence-corrected chi connectivity index (χ2v) is 10.2. The van der Waals surface area contributed by atoms with Gasteiger partial charge in [-0.05, 0) is 70.7 Å². The SMILES string of the molecule is Cc1cc(-c2cc(OC(=O)N(C)C(=O)OC(C)(C)C)ncn2)ccc1OC[C@@](C)(N)CC(C)C. The summed E-state index contributed by atoms with van der Waals surface area (Å²) >= 11 is 0. The number of benzene rings is 1. The van der Waals surface area contributed by atoms with Crippen molar-refractivity contribution < 1.29 is 23.8 Å². The Hall–Kier alpha value is -3.20. The monoisotopic (exact) mass is 472 g/mol. The van der Waals surface area contributed by atoms with Crippen LogP contribution in [0.15, 0.2) is 30.6 Å². The molecule has 186 valence electrons. The number of amides is 2. The fraction of sp³-hybridized carbons (Fsp3) is 0.520. The van der Waals surface area contributed by atoms with Crippen molar-refractivity contribution in [2.75, 3.05) is 13.7 Å². The van der Waals surface area contributed by atoms with Gasteiger partial charge >= 0.3 is 12.2 Å². The van der Waals surface area contributed by atoms with Gasteiger partial charge in [-0.15, -0.1) is 0 Å². The molecule has 1 atom stereocenters. The van der Waals surface area contributed by atoms with Gasteiger partial charge in [0, 0.05) is 24.2 Å². The lowest BCUT2D eigenvalue weighted by Gasteiger charge is -2.27. The van der Waals surface area contributed by atoms with Gasteiger partial charge in [0.25, 0.3) is 0 Å². The van der Waals surface area contributed by atoms with Crippen LogP contribution < -0.4 is 15.2 Å². The normalized spacial score (nSPS) is 13.2. The molecule has 0 saturated heterocycles. The maximum atomic E-state index is 12.3. The standard InChI is InChI=1S/C25H36N4O5/c1-16(2)13-25(7,26)14-32-20-10-9-18(11-17(20)3)19-12-21(28-15-27-19)33-22(30)29(8)23(31)34-24(4,5)6/h9-12,15-16H,13-14,26H2,1-8H3/t25-/m0/s1. The zero-order valence-electron chi connectivity index (χ0n) is 21.3. The van der Waals surface area contributed by atoms with E-state index in [1.165, 1.54) is 19.4 Å². The first-order chi connectivity index (χ1) is 15.7. The van der Waals surface area contributed by atoms with Crippen molar-refractivity contribution in [2.24, 2.45) is 11.7 Å². The molecule has 2 N–H and O–H groups in total. The average Bonchev–Trinajstić information content (AvgIpc) is 2.70. The van der Waals surface area contributed by atoms with Gasteiger partial charge in [-0.3, -0.25) is 0 Å². The predicted molar refractivity (Wildman–Crippen MR) is 130 cm³/mol. The van der Waals surface area contributed by atoms with Crippen LogP contribution in [-0.4, -0.2) is 51.8 Å². The molecule has 0 fully saturated rings. The lowest BCUT2D eigenvalue weighted by Crippen LogP contribution is -2.43. The van der Waals surface area contributed by atoms with E-state index < -0.39 is 23.3 Å². The third-order valence-electron chi connectivity index (χ3n) is 4.68. The van der Waals surface area contributed by atoms with Gasteiger partial charge in [0.1, 0.15) is 24.3 Å². The Morgan fingerprint density at radius 3 is 2.35 bits per heavy atom. The molecule has 9 heteroatoms. The number of rotatable bonds is 7. The van der Waals surface area contributed by atoms with Crippen LogP contribution in [0.3, 0.4) is 0 Å². The minimum Gasteiger partial charge on any atom is -0.491 e. The first-order valence-corrected chi connectivity index (χ1v) is 11.2. The van der Waals surface area contributed by atoms with Crippen LogP contribution in [0.1, 0.15) is 53.5 Å². The zero-order valence-corrected chi connectivity index (χ0v) is 21.3. The number of nitrogens with zero attached hydrogens (tertiary/aromatic N) is 3. The summed E-state index contributed by atoms with van der Waals surface area (Å²) in [6.45, 7) is 13.7. The highest BCUT2D eigenvalue weighted by Gasteiger charge is 2.26. The molecule has 2 amide bonds. The second-order valence-electron chi connectivity index (χ2n) is 10.2. The van der Waals surface area contributed by atoms with Gasteiger partial charge in [-0.1, -0.05) is 13.8 Å². The van der Waals surface area contributed by atoms with Crippen molar-refractivity contribution in [2.45, 2.75) is 66.0 Å². The van der Waals surface area contributed by atoms with Crippen molar-refractivity contribution in [3.05, 3.63) is 36.2 Å². The largest absolute Gasteiger partial charge is 0.491 e. The Labute approximate surface area is 201 Å². The summed E-state index contributed by atoms with van der Waals surface area (Å²) in [5.74, 6) is 1.23. The maximum Gasteiger partial charge on any atom is 0.425 e. The lowest BCUT2D eigenvalue weighted by atomic mass is 9.93. The van der Waals surface area contributed by atoms with Crippen LogP contribution in [0.4, 0.5) is 9.59 Å². The van der Waals surface area contributed by atoms with E-state index in [1.807, 2.05) is 32.0 Å². The van der Waals surface area contributed by atoms with Crippen molar-refractivity contribution in [3.63, 3.8) is 0 Å². The number of carbonyl (C=O) groups is 2. The molecule has 0 saturated carbocycles. The number of hydrogen-bond donors (Lipinski definition) is 1. The van der Waals surface area contributed by atoms with Crippen LogP contribution in [0.2, 0.25) is 0 Å². The number of hydrogen-bond acceptors (Lipinski definition) is 8. The Kier molecular flexibility index (Phi) is 8.61. The summed E-state index contributed by atoms with van der Waals surface area (Å²) in [5, 5.41) is 0. The third-order valence-corrected chi connectivity index (χ3v) is 4.68. The molecule has 0 spiro atoms. The Balaban J connectivity index is 2.09. The predicted octanol–water partition coefficient (Wildman–Crippen LogP) is 4.96. The third kappa shape index (κ3) is 8.30. The van der Waals surface area contributed by atoms with E-state index in [9.17, 15) is 9.59 Å². The van der Waals surface area contributed by atoms with E-state index in [0.717, 1.165) is 28.2 Å².